The number of likely N-dealkylation sites (tertiary alicyclic amines) is 1. The second-order valence-corrected chi connectivity index (χ2v) is 6.07. The molecule has 7 heteroatoms. The predicted molar refractivity (Wildman–Crippen MR) is 108 cm³/mol. The van der Waals surface area contributed by atoms with Gasteiger partial charge in [-0.05, 0) is 37.0 Å². The second kappa shape index (κ2) is 10.8. The van der Waals surface area contributed by atoms with E-state index >= 15 is 0 Å². The topological polar surface area (TPSA) is 53.9 Å². The minimum atomic E-state index is -0.103. The first-order valence-corrected chi connectivity index (χ1v) is 8.29. The minimum Gasteiger partial charge on any atom is -0.469 e. The third-order valence-electron chi connectivity index (χ3n) is 4.13. The third kappa shape index (κ3) is 6.12. The number of ether oxygens (including phenoxy) is 1. The maximum absolute atomic E-state index is 11.6. The number of nitrogens with one attached hydrogen (secondary N) is 1. The molecule has 0 aliphatic carbocycles. The first-order chi connectivity index (χ1) is 11.1. The SMILES string of the molecule is CN=C(NCCc1cccc(Cl)c1)N1CCC(C(=O)OC)CC1.I. The molecule has 0 amide bonds. The molecular weight excluding hydrogens is 441 g/mol. The smallest absolute Gasteiger partial charge is 0.308 e. The van der Waals surface area contributed by atoms with Crippen LogP contribution >= 0.6 is 35.6 Å². The van der Waals surface area contributed by atoms with Crippen molar-refractivity contribution in [2.45, 2.75) is 19.3 Å². The van der Waals surface area contributed by atoms with Crippen molar-refractivity contribution >= 4 is 47.5 Å². The lowest BCUT2D eigenvalue weighted by Gasteiger charge is -2.33. The summed E-state index contributed by atoms with van der Waals surface area (Å²) in [6.07, 6.45) is 2.50. The Morgan fingerprint density at radius 3 is 2.71 bits per heavy atom. The van der Waals surface area contributed by atoms with Crippen LogP contribution < -0.4 is 5.32 Å². The first kappa shape index (κ1) is 21.0. The number of rotatable bonds is 4. The van der Waals surface area contributed by atoms with E-state index in [1.165, 1.54) is 12.7 Å². The number of piperidine rings is 1. The van der Waals surface area contributed by atoms with Crippen LogP contribution in [-0.4, -0.2) is 50.6 Å². The van der Waals surface area contributed by atoms with Gasteiger partial charge < -0.3 is 15.0 Å². The van der Waals surface area contributed by atoms with E-state index in [2.05, 4.69) is 21.3 Å². The van der Waals surface area contributed by atoms with Crippen molar-refractivity contribution in [3.8, 4) is 0 Å². The molecule has 1 heterocycles. The van der Waals surface area contributed by atoms with Crippen LogP contribution in [0.25, 0.3) is 0 Å². The molecule has 0 spiro atoms. The van der Waals surface area contributed by atoms with Gasteiger partial charge in [-0.2, -0.15) is 0 Å². The Morgan fingerprint density at radius 1 is 1.42 bits per heavy atom. The van der Waals surface area contributed by atoms with Gasteiger partial charge in [0.05, 0.1) is 13.0 Å². The van der Waals surface area contributed by atoms with Gasteiger partial charge in [0.1, 0.15) is 0 Å². The van der Waals surface area contributed by atoms with E-state index in [1.807, 2.05) is 18.2 Å². The lowest BCUT2D eigenvalue weighted by Crippen LogP contribution is -2.47. The Kier molecular flexibility index (Phi) is 9.43. The van der Waals surface area contributed by atoms with Gasteiger partial charge in [-0.15, -0.1) is 24.0 Å². The Labute approximate surface area is 165 Å². The fourth-order valence-electron chi connectivity index (χ4n) is 2.84. The lowest BCUT2D eigenvalue weighted by molar-refractivity contribution is -0.146. The number of carbonyl (C=O) groups excluding carboxylic acids is 1. The number of aliphatic imine (C=N–C) groups is 1. The van der Waals surface area contributed by atoms with Gasteiger partial charge in [0.2, 0.25) is 0 Å². The number of hydrogen-bond donors (Lipinski definition) is 1. The molecule has 1 aromatic carbocycles. The molecular formula is C17H25ClIN3O2. The normalized spacial score (nSPS) is 15.6. The summed E-state index contributed by atoms with van der Waals surface area (Å²) in [5.41, 5.74) is 1.20. The van der Waals surface area contributed by atoms with Crippen LogP contribution in [0.2, 0.25) is 5.02 Å². The number of methoxy groups -OCH3 is 1. The van der Waals surface area contributed by atoms with Crippen molar-refractivity contribution in [3.05, 3.63) is 34.9 Å². The van der Waals surface area contributed by atoms with E-state index in [0.29, 0.717) is 0 Å². The summed E-state index contributed by atoms with van der Waals surface area (Å²) >= 11 is 6.00. The average molecular weight is 466 g/mol. The van der Waals surface area contributed by atoms with Crippen LogP contribution in [0.5, 0.6) is 0 Å². The molecule has 1 N–H and O–H groups in total. The predicted octanol–water partition coefficient (Wildman–Crippen LogP) is 2.96. The summed E-state index contributed by atoms with van der Waals surface area (Å²) in [6, 6.07) is 7.89. The molecule has 0 unspecified atom stereocenters. The van der Waals surface area contributed by atoms with Crippen LogP contribution in [-0.2, 0) is 16.0 Å². The van der Waals surface area contributed by atoms with Crippen LogP contribution in [0, 0.1) is 5.92 Å². The number of hydrogen-bond acceptors (Lipinski definition) is 3. The summed E-state index contributed by atoms with van der Waals surface area (Å²) in [5.74, 6) is 0.796. The molecule has 0 aromatic heterocycles. The number of halogens is 2. The summed E-state index contributed by atoms with van der Waals surface area (Å²) in [7, 11) is 3.24. The van der Waals surface area contributed by atoms with Gasteiger partial charge in [0.25, 0.3) is 0 Å². The Bertz CT molecular complexity index is 561. The number of benzene rings is 1. The van der Waals surface area contributed by atoms with Crippen LogP contribution in [0.3, 0.4) is 0 Å². The van der Waals surface area contributed by atoms with Gasteiger partial charge in [0.15, 0.2) is 5.96 Å². The number of esters is 1. The molecule has 1 saturated heterocycles. The molecule has 24 heavy (non-hydrogen) atoms. The van der Waals surface area contributed by atoms with Gasteiger partial charge in [-0.1, -0.05) is 23.7 Å². The van der Waals surface area contributed by atoms with Gasteiger partial charge in [0, 0.05) is 31.7 Å². The van der Waals surface area contributed by atoms with E-state index in [4.69, 9.17) is 16.3 Å². The Morgan fingerprint density at radius 2 is 2.12 bits per heavy atom. The third-order valence-corrected chi connectivity index (χ3v) is 4.36. The van der Waals surface area contributed by atoms with E-state index in [0.717, 1.165) is 49.9 Å². The molecule has 0 saturated carbocycles. The van der Waals surface area contributed by atoms with Gasteiger partial charge >= 0.3 is 5.97 Å². The zero-order chi connectivity index (χ0) is 16.7. The zero-order valence-electron chi connectivity index (χ0n) is 14.1. The van der Waals surface area contributed by atoms with Crippen LogP contribution in [0.4, 0.5) is 0 Å². The number of guanidine groups is 1. The van der Waals surface area contributed by atoms with E-state index in [-0.39, 0.29) is 35.9 Å². The van der Waals surface area contributed by atoms with Crippen LogP contribution in [0.1, 0.15) is 18.4 Å². The standard InChI is InChI=1S/C17H24ClN3O2.HI/c1-19-17(20-9-6-13-4-3-5-15(18)12-13)21-10-7-14(8-11-21)16(22)23-2;/h3-5,12,14H,6-11H2,1-2H3,(H,19,20);1H. The molecule has 2 rings (SSSR count). The summed E-state index contributed by atoms with van der Waals surface area (Å²) in [4.78, 5) is 18.1. The number of carbonyl (C=O) groups is 1. The highest BCUT2D eigenvalue weighted by Gasteiger charge is 2.26. The molecule has 1 fully saturated rings. The van der Waals surface area contributed by atoms with Crippen molar-refractivity contribution < 1.29 is 9.53 Å². The lowest BCUT2D eigenvalue weighted by atomic mass is 9.97. The van der Waals surface area contributed by atoms with Crippen molar-refractivity contribution in [2.75, 3.05) is 33.8 Å². The van der Waals surface area contributed by atoms with E-state index in [1.54, 1.807) is 7.05 Å². The summed E-state index contributed by atoms with van der Waals surface area (Å²) in [5, 5.41) is 4.14. The largest absolute Gasteiger partial charge is 0.469 e. The fraction of sp³-hybridized carbons (Fsp3) is 0.529. The molecule has 134 valence electrons. The molecule has 5 nitrogen and oxygen atoms in total. The highest BCUT2D eigenvalue weighted by Crippen LogP contribution is 2.18. The van der Waals surface area contributed by atoms with Crippen molar-refractivity contribution in [1.29, 1.82) is 0 Å². The zero-order valence-corrected chi connectivity index (χ0v) is 17.2. The van der Waals surface area contributed by atoms with Crippen molar-refractivity contribution in [1.82, 2.24) is 10.2 Å². The maximum Gasteiger partial charge on any atom is 0.308 e. The van der Waals surface area contributed by atoms with Gasteiger partial charge in [-0.25, -0.2) is 0 Å². The molecule has 1 aliphatic rings. The molecule has 0 bridgehead atoms. The fourth-order valence-corrected chi connectivity index (χ4v) is 3.05. The van der Waals surface area contributed by atoms with Crippen LogP contribution in [0.15, 0.2) is 29.3 Å². The second-order valence-electron chi connectivity index (χ2n) is 5.64. The summed E-state index contributed by atoms with van der Waals surface area (Å²) < 4.78 is 4.82. The van der Waals surface area contributed by atoms with Crippen molar-refractivity contribution in [2.24, 2.45) is 10.9 Å². The maximum atomic E-state index is 11.6. The molecule has 0 radical (unpaired) electrons. The Balaban J connectivity index is 0.00000288. The van der Waals surface area contributed by atoms with E-state index < -0.39 is 0 Å². The monoisotopic (exact) mass is 465 g/mol. The Hall–Kier alpha value is -1.02. The quantitative estimate of drug-likeness (QED) is 0.321. The van der Waals surface area contributed by atoms with E-state index in [9.17, 15) is 4.79 Å². The molecule has 0 atom stereocenters. The highest BCUT2D eigenvalue weighted by atomic mass is 127. The highest BCUT2D eigenvalue weighted by molar-refractivity contribution is 14.0. The summed E-state index contributed by atoms with van der Waals surface area (Å²) in [6.45, 7) is 2.43. The molecule has 1 aliphatic heterocycles. The van der Waals surface area contributed by atoms with Gasteiger partial charge in [-0.3, -0.25) is 9.79 Å². The average Bonchev–Trinajstić information content (AvgIpc) is 2.58. The first-order valence-electron chi connectivity index (χ1n) is 7.92. The number of nitrogens with zero attached hydrogens (tertiary/aromatic N) is 2. The minimum absolute atomic E-state index is 0. The van der Waals surface area contributed by atoms with Crippen molar-refractivity contribution in [3.63, 3.8) is 0 Å². The molecule has 1 aromatic rings.